The second kappa shape index (κ2) is 4.33. The molecular weight excluding hydrogens is 274 g/mol. The minimum atomic E-state index is -1.47. The molecular formula is C16H14ClNO2. The molecule has 0 saturated heterocycles. The smallest absolute Gasteiger partial charge is 0.256 e. The summed E-state index contributed by atoms with van der Waals surface area (Å²) in [5, 5.41) is 11.7. The van der Waals surface area contributed by atoms with Crippen LogP contribution in [0.3, 0.4) is 0 Å². The maximum Gasteiger partial charge on any atom is 0.256 e. The van der Waals surface area contributed by atoms with Crippen LogP contribution in [-0.4, -0.2) is 23.0 Å². The highest BCUT2D eigenvalue weighted by Gasteiger charge is 2.48. The summed E-state index contributed by atoms with van der Waals surface area (Å²) in [6, 6.07) is 12.5. The molecule has 1 unspecified atom stereocenters. The Morgan fingerprint density at radius 1 is 1.15 bits per heavy atom. The van der Waals surface area contributed by atoms with Crippen molar-refractivity contribution in [2.75, 3.05) is 7.05 Å². The fourth-order valence-electron chi connectivity index (χ4n) is 2.79. The number of amides is 1. The lowest BCUT2D eigenvalue weighted by Gasteiger charge is -2.33. The van der Waals surface area contributed by atoms with Gasteiger partial charge in [-0.3, -0.25) is 4.79 Å². The van der Waals surface area contributed by atoms with Crippen LogP contribution >= 0.6 is 11.6 Å². The summed E-state index contributed by atoms with van der Waals surface area (Å²) in [6.45, 7) is 1.91. The first-order chi connectivity index (χ1) is 9.46. The number of hydrogen-bond donors (Lipinski definition) is 1. The second-order valence-electron chi connectivity index (χ2n) is 5.04. The zero-order chi connectivity index (χ0) is 14.5. The Labute approximate surface area is 122 Å². The minimum Gasteiger partial charge on any atom is -0.363 e. The number of nitrogens with zero attached hydrogens (tertiary/aromatic N) is 1. The number of carbonyl (C=O) groups excluding carboxylic acids is 1. The molecule has 1 N–H and O–H groups in total. The Balaban J connectivity index is 2.32. The van der Waals surface area contributed by atoms with Crippen molar-refractivity contribution in [2.45, 2.75) is 12.6 Å². The first-order valence-electron chi connectivity index (χ1n) is 6.33. The number of carbonyl (C=O) groups is 1. The Bertz CT molecular complexity index is 713. The van der Waals surface area contributed by atoms with E-state index in [0.29, 0.717) is 21.7 Å². The minimum absolute atomic E-state index is 0.206. The third-order valence-corrected chi connectivity index (χ3v) is 4.13. The molecule has 3 nitrogen and oxygen atoms in total. The maximum absolute atomic E-state index is 12.3. The van der Waals surface area contributed by atoms with E-state index in [0.717, 1.165) is 5.56 Å². The average Bonchev–Trinajstić information content (AvgIpc) is 2.62. The van der Waals surface area contributed by atoms with Crippen LogP contribution in [0.5, 0.6) is 0 Å². The highest BCUT2D eigenvalue weighted by molar-refractivity contribution is 6.30. The topological polar surface area (TPSA) is 40.5 Å². The number of halogens is 1. The molecule has 1 aliphatic rings. The average molecular weight is 288 g/mol. The molecule has 4 heteroatoms. The van der Waals surface area contributed by atoms with Crippen LogP contribution in [0.1, 0.15) is 27.0 Å². The van der Waals surface area contributed by atoms with Crippen LogP contribution < -0.4 is 0 Å². The quantitative estimate of drug-likeness (QED) is 0.876. The van der Waals surface area contributed by atoms with Gasteiger partial charge >= 0.3 is 0 Å². The number of aliphatic hydroxyl groups is 1. The van der Waals surface area contributed by atoms with Crippen molar-refractivity contribution in [3.8, 4) is 0 Å². The molecule has 0 spiro atoms. The molecule has 0 aliphatic carbocycles. The van der Waals surface area contributed by atoms with E-state index in [1.807, 2.05) is 31.2 Å². The maximum atomic E-state index is 12.3. The van der Waals surface area contributed by atoms with Crippen LogP contribution in [0.4, 0.5) is 0 Å². The zero-order valence-corrected chi connectivity index (χ0v) is 12.0. The van der Waals surface area contributed by atoms with Crippen molar-refractivity contribution >= 4 is 17.5 Å². The molecule has 0 bridgehead atoms. The van der Waals surface area contributed by atoms with Gasteiger partial charge in [0.15, 0.2) is 5.72 Å². The molecule has 3 rings (SSSR count). The van der Waals surface area contributed by atoms with Gasteiger partial charge in [0.1, 0.15) is 0 Å². The summed E-state index contributed by atoms with van der Waals surface area (Å²) in [6.07, 6.45) is 0. The van der Waals surface area contributed by atoms with Gasteiger partial charge in [-0.15, -0.1) is 0 Å². The van der Waals surface area contributed by atoms with Gasteiger partial charge in [-0.05, 0) is 30.7 Å². The van der Waals surface area contributed by atoms with Gasteiger partial charge in [0.25, 0.3) is 5.91 Å². The van der Waals surface area contributed by atoms with Gasteiger partial charge in [-0.25, -0.2) is 0 Å². The van der Waals surface area contributed by atoms with Crippen molar-refractivity contribution in [3.05, 3.63) is 69.7 Å². The Kier molecular flexibility index (Phi) is 2.85. The van der Waals surface area contributed by atoms with Gasteiger partial charge in [-0.2, -0.15) is 0 Å². The summed E-state index contributed by atoms with van der Waals surface area (Å²) in [4.78, 5) is 13.7. The van der Waals surface area contributed by atoms with Crippen molar-refractivity contribution in [2.24, 2.45) is 0 Å². The van der Waals surface area contributed by atoms with Crippen LogP contribution in [0, 0.1) is 6.92 Å². The van der Waals surface area contributed by atoms with Crippen molar-refractivity contribution in [1.29, 1.82) is 0 Å². The standard InChI is InChI=1S/C16H14ClNO2/c1-10-5-3-4-6-13(10)16(20)14-9-11(17)7-8-12(14)15(19)18(16)2/h3-9,20H,1-2H3. The summed E-state index contributed by atoms with van der Waals surface area (Å²) < 4.78 is 0. The second-order valence-corrected chi connectivity index (χ2v) is 5.48. The molecule has 2 aromatic rings. The third kappa shape index (κ3) is 1.60. The first kappa shape index (κ1) is 13.2. The van der Waals surface area contributed by atoms with E-state index in [4.69, 9.17) is 11.6 Å². The molecule has 0 radical (unpaired) electrons. The third-order valence-electron chi connectivity index (χ3n) is 3.90. The molecule has 1 heterocycles. The predicted molar refractivity (Wildman–Crippen MR) is 77.7 cm³/mol. The fourth-order valence-corrected chi connectivity index (χ4v) is 2.96. The van der Waals surface area contributed by atoms with Crippen molar-refractivity contribution < 1.29 is 9.90 Å². The highest BCUT2D eigenvalue weighted by Crippen LogP contribution is 2.43. The first-order valence-corrected chi connectivity index (χ1v) is 6.70. The van der Waals surface area contributed by atoms with Gasteiger partial charge < -0.3 is 10.0 Å². The van der Waals surface area contributed by atoms with Crippen molar-refractivity contribution in [1.82, 2.24) is 4.90 Å². The van der Waals surface area contributed by atoms with Gasteiger partial charge in [0.2, 0.25) is 0 Å². The van der Waals surface area contributed by atoms with Crippen LogP contribution in [0.15, 0.2) is 42.5 Å². The Hall–Kier alpha value is -1.84. The lowest BCUT2D eigenvalue weighted by atomic mass is 9.91. The van der Waals surface area contributed by atoms with Gasteiger partial charge in [0.05, 0.1) is 0 Å². The summed E-state index contributed by atoms with van der Waals surface area (Å²) in [7, 11) is 1.60. The van der Waals surface area contributed by atoms with E-state index in [2.05, 4.69) is 0 Å². The summed E-state index contributed by atoms with van der Waals surface area (Å²) in [5.74, 6) is -0.206. The Morgan fingerprint density at radius 3 is 2.55 bits per heavy atom. The predicted octanol–water partition coefficient (Wildman–Crippen LogP) is 2.93. The normalized spacial score (nSPS) is 21.2. The van der Waals surface area contributed by atoms with Gasteiger partial charge in [-0.1, -0.05) is 35.9 Å². The molecule has 1 aliphatic heterocycles. The highest BCUT2D eigenvalue weighted by atomic mass is 35.5. The molecule has 0 saturated carbocycles. The molecule has 2 aromatic carbocycles. The van der Waals surface area contributed by atoms with Crippen molar-refractivity contribution in [3.63, 3.8) is 0 Å². The number of hydrogen-bond acceptors (Lipinski definition) is 2. The van der Waals surface area contributed by atoms with E-state index < -0.39 is 5.72 Å². The summed E-state index contributed by atoms with van der Waals surface area (Å²) in [5.41, 5.74) is 1.16. The van der Waals surface area contributed by atoms with E-state index in [9.17, 15) is 9.90 Å². The Morgan fingerprint density at radius 2 is 1.85 bits per heavy atom. The SMILES string of the molecule is Cc1ccccc1C1(O)c2cc(Cl)ccc2C(=O)N1C. The lowest BCUT2D eigenvalue weighted by molar-refractivity contribution is -0.0373. The van der Waals surface area contributed by atoms with E-state index >= 15 is 0 Å². The monoisotopic (exact) mass is 287 g/mol. The van der Waals surface area contributed by atoms with E-state index in [1.165, 1.54) is 4.90 Å². The zero-order valence-electron chi connectivity index (χ0n) is 11.2. The van der Waals surface area contributed by atoms with Crippen LogP contribution in [-0.2, 0) is 5.72 Å². The summed E-state index contributed by atoms with van der Waals surface area (Å²) >= 11 is 6.03. The molecule has 0 aromatic heterocycles. The molecule has 0 fully saturated rings. The number of benzene rings is 2. The van der Waals surface area contributed by atoms with Crippen LogP contribution in [0.25, 0.3) is 0 Å². The molecule has 20 heavy (non-hydrogen) atoms. The number of aryl methyl sites for hydroxylation is 1. The van der Waals surface area contributed by atoms with E-state index in [-0.39, 0.29) is 5.91 Å². The van der Waals surface area contributed by atoms with Gasteiger partial charge in [0, 0.05) is 28.8 Å². The largest absolute Gasteiger partial charge is 0.363 e. The molecule has 1 atom stereocenters. The van der Waals surface area contributed by atoms with E-state index in [1.54, 1.807) is 25.2 Å². The number of rotatable bonds is 1. The lowest BCUT2D eigenvalue weighted by Crippen LogP contribution is -2.42. The van der Waals surface area contributed by atoms with Crippen LogP contribution in [0.2, 0.25) is 5.02 Å². The number of fused-ring (bicyclic) bond motifs is 1. The molecule has 1 amide bonds. The molecule has 102 valence electrons. The fraction of sp³-hybridized carbons (Fsp3) is 0.188.